The summed E-state index contributed by atoms with van der Waals surface area (Å²) in [7, 11) is 0. The highest BCUT2D eigenvalue weighted by molar-refractivity contribution is 5.43. The van der Waals surface area contributed by atoms with E-state index in [0.717, 1.165) is 17.9 Å². The highest BCUT2D eigenvalue weighted by Crippen LogP contribution is 2.24. The van der Waals surface area contributed by atoms with E-state index >= 15 is 0 Å². The summed E-state index contributed by atoms with van der Waals surface area (Å²) in [5.74, 6) is -0.942. The minimum atomic E-state index is -4.39. The quantitative estimate of drug-likeness (QED) is 0.618. The van der Waals surface area contributed by atoms with Gasteiger partial charge in [-0.3, -0.25) is 0 Å². The van der Waals surface area contributed by atoms with Crippen LogP contribution in [0.2, 0.25) is 0 Å². The number of hydrogen-bond donors (Lipinski definition) is 1. The van der Waals surface area contributed by atoms with E-state index in [1.54, 1.807) is 0 Å². The van der Waals surface area contributed by atoms with Gasteiger partial charge in [0, 0.05) is 24.8 Å². The van der Waals surface area contributed by atoms with Gasteiger partial charge in [0.2, 0.25) is 0 Å². The lowest BCUT2D eigenvalue weighted by molar-refractivity contribution is -0.119. The van der Waals surface area contributed by atoms with Gasteiger partial charge in [-0.15, -0.1) is 0 Å². The molecule has 0 unspecified atom stereocenters. The van der Waals surface area contributed by atoms with Crippen molar-refractivity contribution in [3.63, 3.8) is 0 Å². The number of nitrogens with zero attached hydrogens (tertiary/aromatic N) is 2. The highest BCUT2D eigenvalue weighted by atomic mass is 19.4. The van der Waals surface area contributed by atoms with Crippen molar-refractivity contribution in [1.29, 1.82) is 0 Å². The van der Waals surface area contributed by atoms with Crippen LogP contribution >= 0.6 is 0 Å². The first-order chi connectivity index (χ1) is 9.39. The molecule has 0 spiro atoms. The largest absolute Gasteiger partial charge is 0.405 e. The third kappa shape index (κ3) is 4.96. The topological polar surface area (TPSA) is 28.2 Å². The number of rotatable bonds is 7. The predicted molar refractivity (Wildman–Crippen MR) is 70.1 cm³/mol. The molecule has 1 aromatic rings. The zero-order chi connectivity index (χ0) is 15.2. The Bertz CT molecular complexity index is 421. The molecule has 7 heteroatoms. The second-order valence-electron chi connectivity index (χ2n) is 4.41. The number of aromatic nitrogens is 1. The van der Waals surface area contributed by atoms with E-state index in [2.05, 4.69) is 10.3 Å². The fraction of sp³-hybridized carbons (Fsp3) is 0.615. The van der Waals surface area contributed by atoms with Crippen molar-refractivity contribution in [1.82, 2.24) is 10.3 Å². The number of alkyl halides is 3. The summed E-state index contributed by atoms with van der Waals surface area (Å²) in [5.41, 5.74) is 0.323. The van der Waals surface area contributed by atoms with Crippen molar-refractivity contribution in [3.8, 4) is 0 Å². The predicted octanol–water partition coefficient (Wildman–Crippen LogP) is 3.11. The van der Waals surface area contributed by atoms with Crippen LogP contribution in [0, 0.1) is 5.82 Å². The molecule has 0 saturated carbocycles. The molecule has 20 heavy (non-hydrogen) atoms. The minimum Gasteiger partial charge on any atom is -0.345 e. The molecule has 3 nitrogen and oxygen atoms in total. The molecule has 0 aliphatic carbocycles. The van der Waals surface area contributed by atoms with E-state index in [-0.39, 0.29) is 18.9 Å². The van der Waals surface area contributed by atoms with E-state index in [4.69, 9.17) is 0 Å². The Morgan fingerprint density at radius 3 is 2.55 bits per heavy atom. The fourth-order valence-electron chi connectivity index (χ4n) is 1.78. The van der Waals surface area contributed by atoms with Gasteiger partial charge in [0.05, 0.1) is 0 Å². The maximum Gasteiger partial charge on any atom is 0.405 e. The summed E-state index contributed by atoms with van der Waals surface area (Å²) >= 11 is 0. The molecule has 0 atom stereocenters. The number of nitrogens with one attached hydrogen (secondary N) is 1. The molecule has 114 valence electrons. The van der Waals surface area contributed by atoms with Gasteiger partial charge in [-0.05, 0) is 26.0 Å². The Morgan fingerprint density at radius 2 is 2.00 bits per heavy atom. The summed E-state index contributed by atoms with van der Waals surface area (Å²) in [5, 5.41) is 3.02. The number of pyridine rings is 1. The van der Waals surface area contributed by atoms with Crippen LogP contribution in [0.4, 0.5) is 23.4 Å². The molecule has 1 aromatic heterocycles. The van der Waals surface area contributed by atoms with Gasteiger partial charge in [-0.1, -0.05) is 6.92 Å². The van der Waals surface area contributed by atoms with Gasteiger partial charge in [0.1, 0.15) is 6.54 Å². The minimum absolute atomic E-state index is 0.0370. The lowest BCUT2D eigenvalue weighted by Crippen LogP contribution is -2.35. The Labute approximate surface area is 116 Å². The smallest absolute Gasteiger partial charge is 0.345 e. The highest BCUT2D eigenvalue weighted by Gasteiger charge is 2.32. The molecule has 1 N–H and O–H groups in total. The molecule has 0 aromatic carbocycles. The van der Waals surface area contributed by atoms with Crippen LogP contribution < -0.4 is 10.2 Å². The zero-order valence-electron chi connectivity index (χ0n) is 11.6. The lowest BCUT2D eigenvalue weighted by Gasteiger charge is -2.24. The third-order valence-corrected chi connectivity index (χ3v) is 2.74. The molecule has 1 heterocycles. The van der Waals surface area contributed by atoms with Crippen molar-refractivity contribution in [2.24, 2.45) is 0 Å². The molecule has 0 radical (unpaired) electrons. The second kappa shape index (κ2) is 7.42. The monoisotopic (exact) mass is 293 g/mol. The SMILES string of the molecule is CCCNCc1ccnc(N(CC)CC(F)(F)F)c1F. The number of hydrogen-bond acceptors (Lipinski definition) is 3. The van der Waals surface area contributed by atoms with Gasteiger partial charge in [-0.25, -0.2) is 9.37 Å². The standard InChI is InChI=1S/C13H19F4N3/c1-3-6-18-8-10-5-7-19-12(11(10)14)20(4-2)9-13(15,16)17/h5,7,18H,3-4,6,8-9H2,1-2H3. The molecule has 0 aliphatic heterocycles. The third-order valence-electron chi connectivity index (χ3n) is 2.74. The maximum atomic E-state index is 14.2. The Morgan fingerprint density at radius 1 is 1.30 bits per heavy atom. The summed E-state index contributed by atoms with van der Waals surface area (Å²) in [6.07, 6.45) is -2.16. The molecular formula is C13H19F4N3. The number of anilines is 1. The molecule has 0 fully saturated rings. The maximum absolute atomic E-state index is 14.2. The first-order valence-electron chi connectivity index (χ1n) is 6.54. The lowest BCUT2D eigenvalue weighted by atomic mass is 10.2. The van der Waals surface area contributed by atoms with Gasteiger partial charge in [0.25, 0.3) is 0 Å². The molecule has 1 rings (SSSR count). The van der Waals surface area contributed by atoms with E-state index in [0.29, 0.717) is 5.56 Å². The molecular weight excluding hydrogens is 274 g/mol. The van der Waals surface area contributed by atoms with Crippen LogP contribution in [-0.4, -0.2) is 30.8 Å². The molecule has 0 bridgehead atoms. The van der Waals surface area contributed by atoms with Crippen molar-refractivity contribution >= 4 is 5.82 Å². The van der Waals surface area contributed by atoms with Gasteiger partial charge in [-0.2, -0.15) is 13.2 Å². The van der Waals surface area contributed by atoms with E-state index < -0.39 is 18.5 Å². The average Bonchev–Trinajstić information content (AvgIpc) is 2.37. The first-order valence-corrected chi connectivity index (χ1v) is 6.54. The Kier molecular flexibility index (Phi) is 6.19. The first kappa shape index (κ1) is 16.7. The Hall–Kier alpha value is -1.37. The van der Waals surface area contributed by atoms with Gasteiger partial charge < -0.3 is 10.2 Å². The van der Waals surface area contributed by atoms with Crippen LogP contribution in [0.15, 0.2) is 12.3 Å². The van der Waals surface area contributed by atoms with Gasteiger partial charge >= 0.3 is 6.18 Å². The van der Waals surface area contributed by atoms with Crippen LogP contribution in [0.1, 0.15) is 25.8 Å². The van der Waals surface area contributed by atoms with Crippen LogP contribution in [0.5, 0.6) is 0 Å². The van der Waals surface area contributed by atoms with E-state index in [9.17, 15) is 17.6 Å². The van der Waals surface area contributed by atoms with E-state index in [1.807, 2.05) is 6.92 Å². The number of halogens is 4. The average molecular weight is 293 g/mol. The molecule has 0 aliphatic rings. The normalized spacial score (nSPS) is 11.7. The van der Waals surface area contributed by atoms with Crippen molar-refractivity contribution < 1.29 is 17.6 Å². The van der Waals surface area contributed by atoms with Crippen molar-refractivity contribution in [2.75, 3.05) is 24.5 Å². The van der Waals surface area contributed by atoms with Crippen molar-refractivity contribution in [3.05, 3.63) is 23.6 Å². The van der Waals surface area contributed by atoms with Crippen molar-refractivity contribution in [2.45, 2.75) is 33.0 Å². The summed E-state index contributed by atoms with van der Waals surface area (Å²) in [6.45, 7) is 3.34. The summed E-state index contributed by atoms with van der Waals surface area (Å²) in [6, 6.07) is 1.48. The molecule has 0 saturated heterocycles. The summed E-state index contributed by atoms with van der Waals surface area (Å²) < 4.78 is 51.6. The van der Waals surface area contributed by atoms with Crippen LogP contribution in [-0.2, 0) is 6.54 Å². The molecule has 0 amide bonds. The van der Waals surface area contributed by atoms with Gasteiger partial charge in [0.15, 0.2) is 11.6 Å². The van der Waals surface area contributed by atoms with Crippen LogP contribution in [0.3, 0.4) is 0 Å². The Balaban J connectivity index is 2.90. The fourth-order valence-corrected chi connectivity index (χ4v) is 1.78. The van der Waals surface area contributed by atoms with E-state index in [1.165, 1.54) is 19.2 Å². The zero-order valence-corrected chi connectivity index (χ0v) is 11.6. The second-order valence-corrected chi connectivity index (χ2v) is 4.41. The summed E-state index contributed by atoms with van der Waals surface area (Å²) in [4.78, 5) is 4.63. The van der Waals surface area contributed by atoms with Crippen LogP contribution in [0.25, 0.3) is 0 Å².